The van der Waals surface area contributed by atoms with Crippen LogP contribution in [0.25, 0.3) is 10.6 Å². The Kier molecular flexibility index (Phi) is 4.59. The highest BCUT2D eigenvalue weighted by Crippen LogP contribution is 2.36. The Morgan fingerprint density at radius 3 is 2.38 bits per heavy atom. The molecule has 4 rings (SSSR count). The molecule has 26 heavy (non-hydrogen) atoms. The van der Waals surface area contributed by atoms with Crippen LogP contribution in [0.2, 0.25) is 0 Å². The van der Waals surface area contributed by atoms with E-state index in [1.165, 1.54) is 16.2 Å². The number of imide groups is 1. The van der Waals surface area contributed by atoms with Gasteiger partial charge < -0.3 is 4.74 Å². The number of carbonyl (C=O) groups excluding carboxylic acids is 2. The van der Waals surface area contributed by atoms with Gasteiger partial charge in [0.15, 0.2) is 0 Å². The predicted octanol–water partition coefficient (Wildman–Crippen LogP) is 3.66. The van der Waals surface area contributed by atoms with Crippen molar-refractivity contribution in [2.24, 2.45) is 11.8 Å². The minimum Gasteiger partial charge on any atom is -0.494 e. The number of carbonyl (C=O) groups is 2. The smallest absolute Gasteiger partial charge is 0.233 e. The molecule has 2 atom stereocenters. The molecule has 5 nitrogen and oxygen atoms in total. The largest absolute Gasteiger partial charge is 0.494 e. The van der Waals surface area contributed by atoms with E-state index in [0.717, 1.165) is 22.0 Å². The molecule has 2 amide bonds. The number of hydrogen-bond donors (Lipinski definition) is 0. The summed E-state index contributed by atoms with van der Waals surface area (Å²) in [7, 11) is 0. The van der Waals surface area contributed by atoms with Gasteiger partial charge in [-0.1, -0.05) is 12.2 Å². The van der Waals surface area contributed by atoms with Gasteiger partial charge in [0, 0.05) is 10.9 Å². The van der Waals surface area contributed by atoms with Crippen LogP contribution in [0.5, 0.6) is 5.75 Å². The summed E-state index contributed by atoms with van der Waals surface area (Å²) < 4.78 is 5.46. The monoisotopic (exact) mass is 368 g/mol. The third-order valence-corrected chi connectivity index (χ3v) is 5.82. The van der Waals surface area contributed by atoms with E-state index >= 15 is 0 Å². The SMILES string of the molecule is CCOc1ccc(-c2nc(CN3C(=O)[C@H]4CC=CC[C@@H]4C3=O)cs2)cc1. The fourth-order valence-electron chi connectivity index (χ4n) is 3.56. The first-order chi connectivity index (χ1) is 12.7. The summed E-state index contributed by atoms with van der Waals surface area (Å²) in [5.41, 5.74) is 1.76. The average molecular weight is 368 g/mol. The summed E-state index contributed by atoms with van der Waals surface area (Å²) in [6.07, 6.45) is 5.34. The van der Waals surface area contributed by atoms with Gasteiger partial charge in [0.1, 0.15) is 10.8 Å². The number of ether oxygens (including phenoxy) is 1. The summed E-state index contributed by atoms with van der Waals surface area (Å²) in [6, 6.07) is 7.79. The van der Waals surface area contributed by atoms with Crippen LogP contribution in [-0.2, 0) is 16.1 Å². The second-order valence-corrected chi connectivity index (χ2v) is 7.38. The molecule has 1 aliphatic heterocycles. The molecule has 2 heterocycles. The standard InChI is InChI=1S/C20H20N2O3S/c1-2-25-15-9-7-13(8-10-15)18-21-14(12-26-18)11-22-19(23)16-5-3-4-6-17(16)20(22)24/h3-4,7-10,12,16-17H,2,5-6,11H2,1H3/t16-,17-/m0/s1. The number of allylic oxidation sites excluding steroid dienone is 2. The van der Waals surface area contributed by atoms with Crippen molar-refractivity contribution in [1.29, 1.82) is 0 Å². The number of nitrogens with zero attached hydrogens (tertiary/aromatic N) is 2. The molecule has 0 N–H and O–H groups in total. The van der Waals surface area contributed by atoms with Gasteiger partial charge in [-0.25, -0.2) is 4.98 Å². The van der Waals surface area contributed by atoms with Gasteiger partial charge in [0.25, 0.3) is 0 Å². The van der Waals surface area contributed by atoms with Crippen molar-refractivity contribution >= 4 is 23.2 Å². The maximum absolute atomic E-state index is 12.6. The zero-order valence-corrected chi connectivity index (χ0v) is 15.4. The van der Waals surface area contributed by atoms with Gasteiger partial charge in [-0.15, -0.1) is 11.3 Å². The summed E-state index contributed by atoms with van der Waals surface area (Å²) in [5.74, 6) is 0.353. The summed E-state index contributed by atoms with van der Waals surface area (Å²) in [4.78, 5) is 31.1. The molecule has 2 aromatic rings. The Morgan fingerprint density at radius 2 is 1.77 bits per heavy atom. The van der Waals surface area contributed by atoms with E-state index in [1.54, 1.807) is 0 Å². The number of rotatable bonds is 5. The number of thiazole rings is 1. The molecule has 1 aromatic carbocycles. The maximum atomic E-state index is 12.6. The molecule has 6 heteroatoms. The van der Waals surface area contributed by atoms with Crippen molar-refractivity contribution in [1.82, 2.24) is 9.88 Å². The van der Waals surface area contributed by atoms with Crippen molar-refractivity contribution in [3.63, 3.8) is 0 Å². The van der Waals surface area contributed by atoms with E-state index in [1.807, 2.05) is 48.7 Å². The Labute approximate surface area is 156 Å². The van der Waals surface area contributed by atoms with Crippen molar-refractivity contribution in [2.45, 2.75) is 26.3 Å². The zero-order valence-electron chi connectivity index (χ0n) is 14.6. The first kappa shape index (κ1) is 17.0. The quantitative estimate of drug-likeness (QED) is 0.597. The van der Waals surface area contributed by atoms with Crippen molar-refractivity contribution < 1.29 is 14.3 Å². The van der Waals surface area contributed by atoms with Crippen LogP contribution in [0, 0.1) is 11.8 Å². The van der Waals surface area contributed by atoms with Crippen LogP contribution in [0.4, 0.5) is 0 Å². The minimum atomic E-state index is -0.184. The van der Waals surface area contributed by atoms with E-state index in [-0.39, 0.29) is 30.2 Å². The molecule has 0 saturated carbocycles. The first-order valence-corrected chi connectivity index (χ1v) is 9.73. The zero-order chi connectivity index (χ0) is 18.1. The van der Waals surface area contributed by atoms with Crippen LogP contribution in [0.1, 0.15) is 25.5 Å². The second kappa shape index (κ2) is 7.03. The van der Waals surface area contributed by atoms with Crippen LogP contribution < -0.4 is 4.74 Å². The lowest BCUT2D eigenvalue weighted by Crippen LogP contribution is -2.30. The highest BCUT2D eigenvalue weighted by Gasteiger charge is 2.47. The molecule has 1 aliphatic carbocycles. The van der Waals surface area contributed by atoms with Gasteiger partial charge >= 0.3 is 0 Å². The summed E-state index contributed by atoms with van der Waals surface area (Å²) in [6.45, 7) is 2.85. The van der Waals surface area contributed by atoms with Crippen LogP contribution >= 0.6 is 11.3 Å². The van der Waals surface area contributed by atoms with Crippen LogP contribution in [0.15, 0.2) is 41.8 Å². The topological polar surface area (TPSA) is 59.5 Å². The normalized spacial score (nSPS) is 22.0. The highest BCUT2D eigenvalue weighted by molar-refractivity contribution is 7.13. The average Bonchev–Trinajstić information content (AvgIpc) is 3.23. The molecule has 1 aromatic heterocycles. The van der Waals surface area contributed by atoms with Gasteiger partial charge in [-0.3, -0.25) is 14.5 Å². The second-order valence-electron chi connectivity index (χ2n) is 6.52. The Bertz CT molecular complexity index is 830. The number of likely N-dealkylation sites (tertiary alicyclic amines) is 1. The lowest BCUT2D eigenvalue weighted by molar-refractivity contribution is -0.140. The molecule has 2 aliphatic rings. The molecule has 0 bridgehead atoms. The molecule has 1 saturated heterocycles. The molecular formula is C20H20N2O3S. The van der Waals surface area contributed by atoms with E-state index < -0.39 is 0 Å². The molecule has 1 fully saturated rings. The third-order valence-electron chi connectivity index (χ3n) is 4.88. The molecule has 0 unspecified atom stereocenters. The number of fused-ring (bicyclic) bond motifs is 1. The maximum Gasteiger partial charge on any atom is 0.233 e. The van der Waals surface area contributed by atoms with E-state index in [2.05, 4.69) is 4.98 Å². The van der Waals surface area contributed by atoms with E-state index in [0.29, 0.717) is 19.4 Å². The van der Waals surface area contributed by atoms with Gasteiger partial charge in [-0.05, 0) is 44.0 Å². The lowest BCUT2D eigenvalue weighted by Gasteiger charge is -2.14. The number of amides is 2. The fraction of sp³-hybridized carbons (Fsp3) is 0.350. The van der Waals surface area contributed by atoms with Gasteiger partial charge in [0.2, 0.25) is 11.8 Å². The summed E-state index contributed by atoms with van der Waals surface area (Å²) in [5, 5.41) is 2.80. The first-order valence-electron chi connectivity index (χ1n) is 8.85. The van der Waals surface area contributed by atoms with Gasteiger partial charge in [0.05, 0.1) is 30.7 Å². The fourth-order valence-corrected chi connectivity index (χ4v) is 4.38. The molecular weight excluding hydrogens is 348 g/mol. The highest BCUT2D eigenvalue weighted by atomic mass is 32.1. The van der Waals surface area contributed by atoms with Crippen molar-refractivity contribution in [2.75, 3.05) is 6.61 Å². The lowest BCUT2D eigenvalue weighted by atomic mass is 9.85. The predicted molar refractivity (Wildman–Crippen MR) is 99.6 cm³/mol. The summed E-state index contributed by atoms with van der Waals surface area (Å²) >= 11 is 1.52. The Balaban J connectivity index is 1.48. The van der Waals surface area contributed by atoms with E-state index in [4.69, 9.17) is 4.74 Å². The van der Waals surface area contributed by atoms with Crippen LogP contribution in [-0.4, -0.2) is 28.3 Å². The minimum absolute atomic E-state index is 0.0556. The molecule has 134 valence electrons. The third kappa shape index (κ3) is 3.05. The number of aromatic nitrogens is 1. The number of benzene rings is 1. The number of hydrogen-bond acceptors (Lipinski definition) is 5. The Morgan fingerprint density at radius 1 is 1.12 bits per heavy atom. The van der Waals surface area contributed by atoms with Gasteiger partial charge in [-0.2, -0.15) is 0 Å². The molecule has 0 spiro atoms. The molecule has 0 radical (unpaired) electrons. The van der Waals surface area contributed by atoms with E-state index in [9.17, 15) is 9.59 Å². The Hall–Kier alpha value is -2.47. The van der Waals surface area contributed by atoms with Crippen molar-refractivity contribution in [3.8, 4) is 16.3 Å². The van der Waals surface area contributed by atoms with Crippen LogP contribution in [0.3, 0.4) is 0 Å². The van der Waals surface area contributed by atoms with Crippen molar-refractivity contribution in [3.05, 3.63) is 47.5 Å².